The van der Waals surface area contributed by atoms with E-state index in [0.29, 0.717) is 18.3 Å². The maximum Gasteiger partial charge on any atom is 0.432 e. The fourth-order valence-corrected chi connectivity index (χ4v) is 4.80. The third-order valence-electron chi connectivity index (χ3n) is 6.71. The highest BCUT2D eigenvalue weighted by molar-refractivity contribution is 5.34. The molecule has 0 atom stereocenters. The Balaban J connectivity index is 1.68. The minimum atomic E-state index is -5.42. The summed E-state index contributed by atoms with van der Waals surface area (Å²) in [5.41, 5.74) is -3.93. The Kier molecular flexibility index (Phi) is 8.88. The second-order valence-corrected chi connectivity index (χ2v) is 9.38. The lowest BCUT2D eigenvalue weighted by molar-refractivity contribution is -0.189. The Labute approximate surface area is 203 Å². The van der Waals surface area contributed by atoms with Crippen LogP contribution in [0.5, 0.6) is 5.75 Å². The second kappa shape index (κ2) is 11.3. The zero-order chi connectivity index (χ0) is 26.7. The van der Waals surface area contributed by atoms with E-state index >= 15 is 0 Å². The van der Waals surface area contributed by atoms with Gasteiger partial charge in [0.05, 0.1) is 0 Å². The van der Waals surface area contributed by atoms with E-state index in [0.717, 1.165) is 44.2 Å². The first-order valence-electron chi connectivity index (χ1n) is 11.9. The van der Waals surface area contributed by atoms with Crippen LogP contribution in [0.1, 0.15) is 75.0 Å². The van der Waals surface area contributed by atoms with Gasteiger partial charge in [0.25, 0.3) is 0 Å². The summed E-state index contributed by atoms with van der Waals surface area (Å²) in [6.07, 6.45) is -1.50. The van der Waals surface area contributed by atoms with Crippen LogP contribution in [0, 0.1) is 35.1 Å². The molecule has 0 spiro atoms. The Hall–Kier alpha value is -2.39. The Morgan fingerprint density at radius 1 is 0.722 bits per heavy atom. The van der Waals surface area contributed by atoms with Crippen molar-refractivity contribution in [1.29, 1.82) is 0 Å². The van der Waals surface area contributed by atoms with Gasteiger partial charge < -0.3 is 4.74 Å². The highest BCUT2D eigenvalue weighted by atomic mass is 19.4. The molecule has 0 heterocycles. The molecule has 0 unspecified atom stereocenters. The number of unbranched alkanes of at least 4 members (excludes halogenated alkanes) is 1. The van der Waals surface area contributed by atoms with Gasteiger partial charge in [0, 0.05) is 12.1 Å². The van der Waals surface area contributed by atoms with Crippen molar-refractivity contribution in [2.24, 2.45) is 11.8 Å². The van der Waals surface area contributed by atoms with Crippen molar-refractivity contribution in [3.63, 3.8) is 0 Å². The summed E-state index contributed by atoms with van der Waals surface area (Å²) >= 11 is 0. The summed E-state index contributed by atoms with van der Waals surface area (Å²) in [6, 6.07) is 1.24. The van der Waals surface area contributed by atoms with Gasteiger partial charge in [0.2, 0.25) is 0 Å². The first-order chi connectivity index (χ1) is 16.8. The van der Waals surface area contributed by atoms with Crippen molar-refractivity contribution in [2.75, 3.05) is 0 Å². The minimum absolute atomic E-state index is 0.124. The number of aryl methyl sites for hydroxylation is 1. The van der Waals surface area contributed by atoms with Gasteiger partial charge in [-0.15, -0.1) is 0 Å². The predicted molar refractivity (Wildman–Crippen MR) is 116 cm³/mol. The average Bonchev–Trinajstić information content (AvgIpc) is 2.74. The van der Waals surface area contributed by atoms with Gasteiger partial charge in [-0.05, 0) is 42.4 Å². The predicted octanol–water partition coefficient (Wildman–Crippen LogP) is 9.32. The number of halogens is 9. The zero-order valence-electron chi connectivity index (χ0n) is 19.6. The molecular formula is C26H27F9O. The van der Waals surface area contributed by atoms with Gasteiger partial charge in [0.15, 0.2) is 0 Å². The number of rotatable bonds is 9. The molecule has 1 aliphatic carbocycles. The molecule has 2 aromatic carbocycles. The molecule has 0 aliphatic heterocycles. The van der Waals surface area contributed by atoms with Crippen molar-refractivity contribution in [3.05, 3.63) is 64.2 Å². The van der Waals surface area contributed by atoms with E-state index in [1.54, 1.807) is 0 Å². The van der Waals surface area contributed by atoms with Crippen LogP contribution in [0.3, 0.4) is 0 Å². The summed E-state index contributed by atoms with van der Waals surface area (Å²) in [7, 11) is 0. The van der Waals surface area contributed by atoms with Crippen LogP contribution in [-0.2, 0) is 18.7 Å². The molecule has 0 radical (unpaired) electrons. The molecule has 1 aliphatic rings. The maximum absolute atomic E-state index is 14.5. The number of hydrogen-bond donors (Lipinski definition) is 0. The maximum atomic E-state index is 14.5. The summed E-state index contributed by atoms with van der Waals surface area (Å²) in [4.78, 5) is 0. The lowest BCUT2D eigenvalue weighted by atomic mass is 9.78. The topological polar surface area (TPSA) is 9.23 Å². The zero-order valence-corrected chi connectivity index (χ0v) is 19.6. The van der Waals surface area contributed by atoms with Crippen LogP contribution in [0.25, 0.3) is 0 Å². The van der Waals surface area contributed by atoms with Gasteiger partial charge in [-0.1, -0.05) is 51.9 Å². The summed E-state index contributed by atoms with van der Waals surface area (Å²) in [5, 5.41) is 0. The second-order valence-electron chi connectivity index (χ2n) is 9.38. The van der Waals surface area contributed by atoms with E-state index in [-0.39, 0.29) is 24.1 Å². The van der Waals surface area contributed by atoms with Gasteiger partial charge in [-0.3, -0.25) is 0 Å². The van der Waals surface area contributed by atoms with Crippen LogP contribution in [0.15, 0.2) is 24.3 Å². The Bertz CT molecular complexity index is 994. The minimum Gasteiger partial charge on any atom is -0.429 e. The quantitative estimate of drug-likeness (QED) is 0.296. The molecule has 10 heteroatoms. The summed E-state index contributed by atoms with van der Waals surface area (Å²) in [6.45, 7) is 2.14. The molecule has 0 amide bonds. The smallest absolute Gasteiger partial charge is 0.429 e. The Morgan fingerprint density at radius 2 is 1.19 bits per heavy atom. The van der Waals surface area contributed by atoms with Crippen molar-refractivity contribution >= 4 is 0 Å². The van der Waals surface area contributed by atoms with Crippen LogP contribution in [0.4, 0.5) is 39.5 Å². The van der Waals surface area contributed by atoms with Crippen molar-refractivity contribution < 1.29 is 44.3 Å². The molecule has 1 nitrogen and oxygen atoms in total. The van der Waals surface area contributed by atoms with Crippen LogP contribution >= 0.6 is 0 Å². The summed E-state index contributed by atoms with van der Waals surface area (Å²) in [5.74, 6) is -7.96. The highest BCUT2D eigenvalue weighted by Crippen LogP contribution is 2.40. The summed E-state index contributed by atoms with van der Waals surface area (Å²) < 4.78 is 127. The van der Waals surface area contributed by atoms with Gasteiger partial charge in [-0.25, -0.2) is 17.6 Å². The van der Waals surface area contributed by atoms with Gasteiger partial charge >= 0.3 is 12.3 Å². The largest absolute Gasteiger partial charge is 0.432 e. The van der Waals surface area contributed by atoms with Gasteiger partial charge in [0.1, 0.15) is 40.1 Å². The SMILES string of the molecule is CCCC[C@H]1CC[C@H](CCc2cc(F)c(C(F)(F)Oc3cc(F)c(C(F)(F)F)c(F)c3)c(F)c2)CC1. The number of benzene rings is 2. The molecule has 0 N–H and O–H groups in total. The van der Waals surface area contributed by atoms with Crippen molar-refractivity contribution in [2.45, 2.75) is 77.0 Å². The van der Waals surface area contributed by atoms with E-state index in [1.807, 2.05) is 0 Å². The molecule has 1 fully saturated rings. The van der Waals surface area contributed by atoms with Crippen LogP contribution in [0.2, 0.25) is 0 Å². The Morgan fingerprint density at radius 3 is 1.67 bits per heavy atom. The molecule has 1 saturated carbocycles. The van der Waals surface area contributed by atoms with Crippen LogP contribution < -0.4 is 4.74 Å². The number of hydrogen-bond acceptors (Lipinski definition) is 1. The molecular weight excluding hydrogens is 499 g/mol. The highest BCUT2D eigenvalue weighted by Gasteiger charge is 2.43. The average molecular weight is 526 g/mol. The molecule has 0 aromatic heterocycles. The third kappa shape index (κ3) is 6.88. The number of alkyl halides is 5. The molecule has 200 valence electrons. The van der Waals surface area contributed by atoms with E-state index < -0.39 is 52.4 Å². The first-order valence-corrected chi connectivity index (χ1v) is 11.9. The first kappa shape index (κ1) is 28.2. The fraction of sp³-hybridized carbons (Fsp3) is 0.538. The third-order valence-corrected chi connectivity index (χ3v) is 6.71. The van der Waals surface area contributed by atoms with E-state index in [9.17, 15) is 39.5 Å². The lowest BCUT2D eigenvalue weighted by Crippen LogP contribution is -2.26. The fourth-order valence-electron chi connectivity index (χ4n) is 4.80. The van der Waals surface area contributed by atoms with E-state index in [4.69, 9.17) is 0 Å². The normalized spacial score (nSPS) is 18.9. The van der Waals surface area contributed by atoms with Crippen molar-refractivity contribution in [3.8, 4) is 5.75 Å². The molecule has 2 aromatic rings. The van der Waals surface area contributed by atoms with E-state index in [1.165, 1.54) is 12.8 Å². The van der Waals surface area contributed by atoms with Gasteiger partial charge in [-0.2, -0.15) is 22.0 Å². The number of ether oxygens (including phenoxy) is 1. The lowest BCUT2D eigenvalue weighted by Gasteiger charge is -2.28. The monoisotopic (exact) mass is 526 g/mol. The molecule has 3 rings (SSSR count). The van der Waals surface area contributed by atoms with E-state index in [2.05, 4.69) is 11.7 Å². The van der Waals surface area contributed by atoms with Crippen molar-refractivity contribution in [1.82, 2.24) is 0 Å². The molecule has 36 heavy (non-hydrogen) atoms. The van der Waals surface area contributed by atoms with Crippen LogP contribution in [-0.4, -0.2) is 0 Å². The molecule has 0 bridgehead atoms. The standard InChI is InChI=1S/C26H27F9O/c1-2-3-4-15-5-7-16(8-6-15)9-10-17-11-19(27)24(20(28)12-17)26(34,35)36-18-13-21(29)23(22(30)14-18)25(31,32)33/h11-16H,2-10H2,1H3/t15-,16-. The molecule has 0 saturated heterocycles.